The first-order chi connectivity index (χ1) is 9.99. The summed E-state index contributed by atoms with van der Waals surface area (Å²) in [6.45, 7) is 0.975. The molecule has 1 heterocycles. The van der Waals surface area contributed by atoms with Crippen molar-refractivity contribution in [1.82, 2.24) is 4.90 Å². The molecule has 2 rings (SSSR count). The number of fused-ring (bicyclic) bond motifs is 1. The molecule has 0 fully saturated rings. The van der Waals surface area contributed by atoms with Crippen LogP contribution >= 0.6 is 0 Å². The number of primary amides is 1. The van der Waals surface area contributed by atoms with E-state index in [9.17, 15) is 14.4 Å². The Morgan fingerprint density at radius 1 is 1.29 bits per heavy atom. The standard InChI is InChI=1S/C15H16N2O4/c1-10(18)17-7-6-11-4-2-3-5-12(11)13(17)8-15(20)21-9-14(16)19/h2-7,13H,8-9H2,1H3,(H2,16,19)/t13-/m1/s1. The third-order valence-electron chi connectivity index (χ3n) is 3.20. The molecule has 6 nitrogen and oxygen atoms in total. The lowest BCUT2D eigenvalue weighted by Crippen LogP contribution is -2.33. The van der Waals surface area contributed by atoms with Gasteiger partial charge in [-0.1, -0.05) is 24.3 Å². The molecule has 1 aliphatic heterocycles. The van der Waals surface area contributed by atoms with Gasteiger partial charge in [0.2, 0.25) is 5.91 Å². The fourth-order valence-electron chi connectivity index (χ4n) is 2.28. The summed E-state index contributed by atoms with van der Waals surface area (Å²) in [5.41, 5.74) is 6.75. The maximum Gasteiger partial charge on any atom is 0.308 e. The molecule has 1 aliphatic rings. The third-order valence-corrected chi connectivity index (χ3v) is 3.20. The molecule has 21 heavy (non-hydrogen) atoms. The fourth-order valence-corrected chi connectivity index (χ4v) is 2.28. The van der Waals surface area contributed by atoms with Crippen molar-refractivity contribution in [3.63, 3.8) is 0 Å². The van der Waals surface area contributed by atoms with Crippen LogP contribution in [0.15, 0.2) is 30.5 Å². The smallest absolute Gasteiger partial charge is 0.308 e. The first-order valence-corrected chi connectivity index (χ1v) is 6.49. The number of ether oxygens (including phenoxy) is 1. The van der Waals surface area contributed by atoms with Gasteiger partial charge in [-0.25, -0.2) is 0 Å². The van der Waals surface area contributed by atoms with Crippen LogP contribution in [-0.2, 0) is 19.1 Å². The van der Waals surface area contributed by atoms with Gasteiger partial charge in [0, 0.05) is 13.1 Å². The Hall–Kier alpha value is -2.63. The number of rotatable bonds is 4. The Bertz CT molecular complexity index is 609. The molecular weight excluding hydrogens is 272 g/mol. The van der Waals surface area contributed by atoms with Crippen molar-refractivity contribution in [3.8, 4) is 0 Å². The molecule has 0 bridgehead atoms. The van der Waals surface area contributed by atoms with Crippen molar-refractivity contribution in [2.45, 2.75) is 19.4 Å². The summed E-state index contributed by atoms with van der Waals surface area (Å²) in [6.07, 6.45) is 3.44. The van der Waals surface area contributed by atoms with Crippen molar-refractivity contribution in [3.05, 3.63) is 41.6 Å². The summed E-state index contributed by atoms with van der Waals surface area (Å²) in [4.78, 5) is 35.6. The predicted molar refractivity (Wildman–Crippen MR) is 75.5 cm³/mol. The third kappa shape index (κ3) is 3.47. The molecule has 1 atom stereocenters. The number of hydrogen-bond acceptors (Lipinski definition) is 4. The minimum absolute atomic E-state index is 0.0335. The number of esters is 1. The molecule has 0 unspecified atom stereocenters. The Morgan fingerprint density at radius 2 is 2.00 bits per heavy atom. The van der Waals surface area contributed by atoms with Crippen LogP contribution < -0.4 is 5.73 Å². The first kappa shape index (κ1) is 14.8. The lowest BCUT2D eigenvalue weighted by Gasteiger charge is -2.32. The van der Waals surface area contributed by atoms with Crippen LogP contribution in [0, 0.1) is 0 Å². The van der Waals surface area contributed by atoms with Crippen LogP contribution in [0.25, 0.3) is 6.08 Å². The summed E-state index contributed by atoms with van der Waals surface area (Å²) in [5, 5.41) is 0. The number of benzene rings is 1. The molecule has 0 aliphatic carbocycles. The maximum atomic E-state index is 11.8. The summed E-state index contributed by atoms with van der Waals surface area (Å²) >= 11 is 0. The highest BCUT2D eigenvalue weighted by Crippen LogP contribution is 2.32. The van der Waals surface area contributed by atoms with Crippen LogP contribution in [0.5, 0.6) is 0 Å². The van der Waals surface area contributed by atoms with Crippen molar-refractivity contribution in [2.75, 3.05) is 6.61 Å². The van der Waals surface area contributed by atoms with Gasteiger partial charge in [0.15, 0.2) is 6.61 Å². The zero-order valence-electron chi connectivity index (χ0n) is 11.6. The lowest BCUT2D eigenvalue weighted by molar-refractivity contribution is -0.149. The molecule has 110 valence electrons. The lowest BCUT2D eigenvalue weighted by atomic mass is 9.94. The number of amides is 2. The average Bonchev–Trinajstić information content (AvgIpc) is 2.45. The molecule has 0 saturated carbocycles. The van der Waals surface area contributed by atoms with Crippen molar-refractivity contribution in [1.29, 1.82) is 0 Å². The van der Waals surface area contributed by atoms with Gasteiger partial charge in [0.1, 0.15) is 0 Å². The van der Waals surface area contributed by atoms with Gasteiger partial charge in [0.25, 0.3) is 5.91 Å². The zero-order valence-corrected chi connectivity index (χ0v) is 11.6. The summed E-state index contributed by atoms with van der Waals surface area (Å²) in [6, 6.07) is 7.06. The van der Waals surface area contributed by atoms with Crippen LogP contribution in [0.2, 0.25) is 0 Å². The van der Waals surface area contributed by atoms with Crippen molar-refractivity contribution < 1.29 is 19.1 Å². The molecule has 0 spiro atoms. The highest BCUT2D eigenvalue weighted by molar-refractivity contribution is 5.81. The van der Waals surface area contributed by atoms with E-state index < -0.39 is 24.5 Å². The Labute approximate surface area is 122 Å². The number of carbonyl (C=O) groups excluding carboxylic acids is 3. The van der Waals surface area contributed by atoms with Gasteiger partial charge < -0.3 is 15.4 Å². The van der Waals surface area contributed by atoms with E-state index in [1.54, 1.807) is 6.20 Å². The van der Waals surface area contributed by atoms with E-state index in [0.717, 1.165) is 11.1 Å². The second-order valence-electron chi connectivity index (χ2n) is 4.72. The minimum atomic E-state index is -0.712. The molecule has 0 radical (unpaired) electrons. The first-order valence-electron chi connectivity index (χ1n) is 6.49. The topological polar surface area (TPSA) is 89.7 Å². The second-order valence-corrected chi connectivity index (χ2v) is 4.72. The fraction of sp³-hybridized carbons (Fsp3) is 0.267. The number of carbonyl (C=O) groups is 3. The van der Waals surface area contributed by atoms with E-state index in [0.29, 0.717) is 0 Å². The number of nitrogens with two attached hydrogens (primary N) is 1. The minimum Gasteiger partial charge on any atom is -0.456 e. The molecular formula is C15H16N2O4. The number of nitrogens with zero attached hydrogens (tertiary/aromatic N) is 1. The molecule has 2 N–H and O–H groups in total. The SMILES string of the molecule is CC(=O)N1C=Cc2ccccc2[C@H]1CC(=O)OCC(N)=O. The normalized spacial score (nSPS) is 16.2. The largest absolute Gasteiger partial charge is 0.456 e. The highest BCUT2D eigenvalue weighted by Gasteiger charge is 2.28. The molecule has 1 aromatic carbocycles. The summed E-state index contributed by atoms with van der Waals surface area (Å²) in [7, 11) is 0. The van der Waals surface area contributed by atoms with E-state index >= 15 is 0 Å². The zero-order chi connectivity index (χ0) is 15.4. The summed E-state index contributed by atoms with van der Waals surface area (Å²) < 4.78 is 4.77. The van der Waals surface area contributed by atoms with E-state index in [1.807, 2.05) is 30.3 Å². The van der Waals surface area contributed by atoms with Crippen LogP contribution in [0.4, 0.5) is 0 Å². The van der Waals surface area contributed by atoms with Crippen molar-refractivity contribution in [2.24, 2.45) is 5.73 Å². The van der Waals surface area contributed by atoms with E-state index in [2.05, 4.69) is 0 Å². The van der Waals surface area contributed by atoms with Crippen LogP contribution in [0.1, 0.15) is 30.5 Å². The van der Waals surface area contributed by atoms with E-state index in [1.165, 1.54) is 11.8 Å². The predicted octanol–water partition coefficient (Wildman–Crippen LogP) is 0.979. The van der Waals surface area contributed by atoms with Gasteiger partial charge in [0.05, 0.1) is 12.5 Å². The Balaban J connectivity index is 2.20. The quantitative estimate of drug-likeness (QED) is 0.836. The molecule has 6 heteroatoms. The summed E-state index contributed by atoms with van der Waals surface area (Å²) in [5.74, 6) is -1.46. The Kier molecular flexibility index (Phi) is 4.37. The Morgan fingerprint density at radius 3 is 2.67 bits per heavy atom. The van der Waals surface area contributed by atoms with E-state index in [4.69, 9.17) is 10.5 Å². The second kappa shape index (κ2) is 6.21. The van der Waals surface area contributed by atoms with Crippen LogP contribution in [-0.4, -0.2) is 29.3 Å². The van der Waals surface area contributed by atoms with Gasteiger partial charge in [-0.05, 0) is 17.2 Å². The van der Waals surface area contributed by atoms with Gasteiger partial charge in [-0.3, -0.25) is 14.4 Å². The molecule has 1 aromatic rings. The monoisotopic (exact) mass is 288 g/mol. The molecule has 0 saturated heterocycles. The van der Waals surface area contributed by atoms with Gasteiger partial charge >= 0.3 is 5.97 Å². The maximum absolute atomic E-state index is 11.8. The van der Waals surface area contributed by atoms with E-state index in [-0.39, 0.29) is 12.3 Å². The average molecular weight is 288 g/mol. The number of hydrogen-bond donors (Lipinski definition) is 1. The molecule has 2 amide bonds. The van der Waals surface area contributed by atoms with Gasteiger partial charge in [-0.2, -0.15) is 0 Å². The van der Waals surface area contributed by atoms with Crippen molar-refractivity contribution >= 4 is 23.9 Å². The van der Waals surface area contributed by atoms with Gasteiger partial charge in [-0.15, -0.1) is 0 Å². The van der Waals surface area contributed by atoms with Crippen LogP contribution in [0.3, 0.4) is 0 Å². The highest BCUT2D eigenvalue weighted by atomic mass is 16.5. The molecule has 0 aromatic heterocycles.